The zero-order valence-electron chi connectivity index (χ0n) is 22.7. The molecule has 0 bridgehead atoms. The lowest BCUT2D eigenvalue weighted by Gasteiger charge is -2.24. The van der Waals surface area contributed by atoms with Gasteiger partial charge in [-0.15, -0.1) is 0 Å². The number of anilines is 2. The van der Waals surface area contributed by atoms with Crippen LogP contribution in [-0.2, 0) is 29.6 Å². The van der Waals surface area contributed by atoms with Crippen LogP contribution in [0.25, 0.3) is 0 Å². The Bertz CT molecular complexity index is 1310. The van der Waals surface area contributed by atoms with E-state index < -0.39 is 51.0 Å². The lowest BCUT2D eigenvalue weighted by molar-refractivity contribution is -0.122. The average molecular weight is 585 g/mol. The van der Waals surface area contributed by atoms with Crippen molar-refractivity contribution < 1.29 is 35.9 Å². The molecule has 39 heavy (non-hydrogen) atoms. The lowest BCUT2D eigenvalue weighted by atomic mass is 10.3. The van der Waals surface area contributed by atoms with Crippen molar-refractivity contribution in [1.82, 2.24) is 10.6 Å². The highest BCUT2D eigenvalue weighted by Crippen LogP contribution is 2.22. The van der Waals surface area contributed by atoms with Crippen molar-refractivity contribution in [1.29, 1.82) is 0 Å². The van der Waals surface area contributed by atoms with Gasteiger partial charge in [0.1, 0.15) is 24.6 Å². The van der Waals surface area contributed by atoms with Crippen molar-refractivity contribution in [3.63, 3.8) is 0 Å². The van der Waals surface area contributed by atoms with Gasteiger partial charge in [-0.05, 0) is 69.3 Å². The molecule has 2 rings (SSSR count). The fourth-order valence-corrected chi connectivity index (χ4v) is 5.22. The quantitative estimate of drug-likeness (QED) is 0.318. The normalized spacial score (nSPS) is 12.2. The molecule has 12 nitrogen and oxygen atoms in total. The number of nitrogens with one attached hydrogen (secondary N) is 2. The van der Waals surface area contributed by atoms with Gasteiger partial charge in [0.05, 0.1) is 37.1 Å². The summed E-state index contributed by atoms with van der Waals surface area (Å²) in [5.41, 5.74) is 0.597. The zero-order chi connectivity index (χ0) is 29.2. The largest absolute Gasteiger partial charge is 0.494 e. The Morgan fingerprint density at radius 2 is 1.13 bits per heavy atom. The summed E-state index contributed by atoms with van der Waals surface area (Å²) in [5.74, 6) is -0.0214. The van der Waals surface area contributed by atoms with E-state index in [4.69, 9.17) is 9.47 Å². The molecule has 0 saturated heterocycles. The molecule has 2 N–H and O–H groups in total. The molecule has 14 heteroatoms. The Labute approximate surface area is 230 Å². The molecule has 0 aliphatic carbocycles. The van der Waals surface area contributed by atoms with Gasteiger partial charge in [0, 0.05) is 12.6 Å². The van der Waals surface area contributed by atoms with Gasteiger partial charge in [0.15, 0.2) is 0 Å². The van der Waals surface area contributed by atoms with Crippen LogP contribution in [0.3, 0.4) is 0 Å². The highest BCUT2D eigenvalue weighted by Gasteiger charge is 2.23. The molecule has 0 aliphatic rings. The van der Waals surface area contributed by atoms with Crippen molar-refractivity contribution in [2.45, 2.75) is 26.8 Å². The summed E-state index contributed by atoms with van der Waals surface area (Å²) in [6, 6.07) is 12.0. The number of hydrogen-bond acceptors (Lipinski definition) is 8. The summed E-state index contributed by atoms with van der Waals surface area (Å²) < 4.78 is 61.9. The predicted molar refractivity (Wildman–Crippen MR) is 150 cm³/mol. The van der Waals surface area contributed by atoms with Crippen LogP contribution in [-0.4, -0.2) is 80.1 Å². The fraction of sp³-hybridized carbons (Fsp3) is 0.440. The van der Waals surface area contributed by atoms with E-state index in [1.165, 1.54) is 0 Å². The molecule has 2 amide bonds. The molecule has 0 radical (unpaired) electrons. The van der Waals surface area contributed by atoms with Gasteiger partial charge in [0.2, 0.25) is 31.9 Å². The van der Waals surface area contributed by atoms with Gasteiger partial charge < -0.3 is 20.1 Å². The van der Waals surface area contributed by atoms with E-state index in [1.54, 1.807) is 55.5 Å². The lowest BCUT2D eigenvalue weighted by Crippen LogP contribution is -2.48. The molecule has 216 valence electrons. The first-order chi connectivity index (χ1) is 18.2. The first kappa shape index (κ1) is 31.7. The Kier molecular flexibility index (Phi) is 11.4. The third kappa shape index (κ3) is 10.3. The zero-order valence-corrected chi connectivity index (χ0v) is 24.3. The monoisotopic (exact) mass is 584 g/mol. The third-order valence-corrected chi connectivity index (χ3v) is 7.54. The van der Waals surface area contributed by atoms with E-state index >= 15 is 0 Å². The molecule has 0 spiro atoms. The maximum atomic E-state index is 12.6. The summed E-state index contributed by atoms with van der Waals surface area (Å²) in [6.07, 6.45) is 2.00. The fourth-order valence-electron chi connectivity index (χ4n) is 3.51. The van der Waals surface area contributed by atoms with E-state index in [1.807, 2.05) is 13.8 Å². The van der Waals surface area contributed by atoms with Gasteiger partial charge in [-0.2, -0.15) is 0 Å². The van der Waals surface area contributed by atoms with Crippen molar-refractivity contribution in [3.05, 3.63) is 48.5 Å². The number of rotatable bonds is 15. The third-order valence-electron chi connectivity index (χ3n) is 5.26. The minimum absolute atomic E-state index is 0.00657. The van der Waals surface area contributed by atoms with Crippen LogP contribution in [0, 0.1) is 0 Å². The molecule has 0 aliphatic heterocycles. The number of carbonyl (C=O) groups excluding carboxylic acids is 2. The van der Waals surface area contributed by atoms with E-state index in [2.05, 4.69) is 10.6 Å². The maximum Gasteiger partial charge on any atom is 0.241 e. The highest BCUT2D eigenvalue weighted by atomic mass is 32.2. The molecule has 2 aromatic carbocycles. The smallest absolute Gasteiger partial charge is 0.241 e. The number of carbonyl (C=O) groups is 2. The van der Waals surface area contributed by atoms with Crippen molar-refractivity contribution in [2.24, 2.45) is 0 Å². The van der Waals surface area contributed by atoms with Crippen LogP contribution >= 0.6 is 0 Å². The van der Waals surface area contributed by atoms with Gasteiger partial charge in [-0.25, -0.2) is 16.8 Å². The Morgan fingerprint density at radius 3 is 1.49 bits per heavy atom. The van der Waals surface area contributed by atoms with Gasteiger partial charge in [0.25, 0.3) is 0 Å². The number of hydrogen-bond donors (Lipinski definition) is 2. The molecule has 0 aromatic heterocycles. The van der Waals surface area contributed by atoms with Gasteiger partial charge in [-0.1, -0.05) is 0 Å². The Hall–Kier alpha value is -3.52. The second kappa shape index (κ2) is 14.0. The van der Waals surface area contributed by atoms with Crippen LogP contribution in [0.2, 0.25) is 0 Å². The Morgan fingerprint density at radius 1 is 0.744 bits per heavy atom. The van der Waals surface area contributed by atoms with E-state index in [0.717, 1.165) is 21.1 Å². The van der Waals surface area contributed by atoms with Gasteiger partial charge >= 0.3 is 0 Å². The molecule has 0 fully saturated rings. The SMILES string of the molecule is CCOc1ccc(N(CC(=O)NC[C@@H](C)NC(=O)CN(c2ccc(OCC)cc2)S(C)(=O)=O)S(C)(=O)=O)cc1. The molecule has 1 atom stereocenters. The van der Waals surface area contributed by atoms with E-state index in [9.17, 15) is 26.4 Å². The summed E-state index contributed by atoms with van der Waals surface area (Å²) in [5, 5.41) is 5.24. The maximum absolute atomic E-state index is 12.6. The molecular formula is C25H36N4O8S2. The van der Waals surface area contributed by atoms with Crippen LogP contribution in [0.5, 0.6) is 11.5 Å². The molecule has 0 saturated carbocycles. The van der Waals surface area contributed by atoms with Crippen molar-refractivity contribution in [2.75, 3.05) is 54.0 Å². The van der Waals surface area contributed by atoms with Crippen LogP contribution in [0.1, 0.15) is 20.8 Å². The van der Waals surface area contributed by atoms with Crippen molar-refractivity contribution in [3.8, 4) is 11.5 Å². The van der Waals surface area contributed by atoms with Crippen LogP contribution < -0.4 is 28.7 Å². The van der Waals surface area contributed by atoms with E-state index in [-0.39, 0.29) is 6.54 Å². The average Bonchev–Trinajstić information content (AvgIpc) is 2.85. The second-order valence-corrected chi connectivity index (χ2v) is 12.5. The highest BCUT2D eigenvalue weighted by molar-refractivity contribution is 7.92. The predicted octanol–water partition coefficient (Wildman–Crippen LogP) is 1.34. The molecule has 2 aromatic rings. The summed E-state index contributed by atoms with van der Waals surface area (Å²) in [7, 11) is -7.53. The van der Waals surface area contributed by atoms with Gasteiger partial charge in [-0.3, -0.25) is 18.2 Å². The molecule has 0 unspecified atom stereocenters. The number of benzene rings is 2. The number of sulfonamides is 2. The summed E-state index contributed by atoms with van der Waals surface area (Å²) >= 11 is 0. The topological polar surface area (TPSA) is 151 Å². The first-order valence-corrected chi connectivity index (χ1v) is 15.9. The van der Waals surface area contributed by atoms with Crippen LogP contribution in [0.4, 0.5) is 11.4 Å². The van der Waals surface area contributed by atoms with E-state index in [0.29, 0.717) is 36.1 Å². The summed E-state index contributed by atoms with van der Waals surface area (Å²) in [6.45, 7) is 5.26. The molecular weight excluding hydrogens is 548 g/mol. The van der Waals surface area contributed by atoms with Crippen molar-refractivity contribution >= 4 is 43.2 Å². The van der Waals surface area contributed by atoms with Crippen LogP contribution in [0.15, 0.2) is 48.5 Å². The minimum Gasteiger partial charge on any atom is -0.494 e. The number of amides is 2. The number of nitrogens with zero attached hydrogens (tertiary/aromatic N) is 2. The first-order valence-electron chi connectivity index (χ1n) is 12.2. The molecule has 0 heterocycles. The standard InChI is InChI=1S/C25H36N4O8S2/c1-6-36-22-12-8-20(9-13-22)28(38(4,32)33)17-24(30)26-16-19(3)27-25(31)18-29(39(5,34)35)21-10-14-23(15-11-21)37-7-2/h8-15,19H,6-7,16-18H2,1-5H3,(H,26,30)(H,27,31)/t19-/m1/s1. The minimum atomic E-state index is -3.77. The second-order valence-electron chi connectivity index (χ2n) is 8.67. The summed E-state index contributed by atoms with van der Waals surface area (Å²) in [4.78, 5) is 25.2. The Balaban J connectivity index is 1.96. The number of ether oxygens (including phenoxy) is 2.